The number of hydrogen-bond donors (Lipinski definition) is 1. The molecule has 1 saturated carbocycles. The Morgan fingerprint density at radius 1 is 0.935 bits per heavy atom. The number of halogens is 3. The van der Waals surface area contributed by atoms with Gasteiger partial charge >= 0.3 is 0 Å². The fourth-order valence-corrected chi connectivity index (χ4v) is 7.50. The lowest BCUT2D eigenvalue weighted by atomic mass is 9.95. The third-order valence-corrected chi connectivity index (χ3v) is 10.7. The molecule has 0 radical (unpaired) electrons. The summed E-state index contributed by atoms with van der Waals surface area (Å²) in [5, 5.41) is 3.72. The Bertz CT molecular complexity index is 1670. The Morgan fingerprint density at radius 2 is 1.63 bits per heavy atom. The molecule has 0 spiro atoms. The van der Waals surface area contributed by atoms with Crippen molar-refractivity contribution in [2.75, 3.05) is 24.1 Å². The van der Waals surface area contributed by atoms with Crippen molar-refractivity contribution in [2.24, 2.45) is 0 Å². The van der Waals surface area contributed by atoms with Gasteiger partial charge in [0.05, 0.1) is 20.6 Å². The molecule has 0 bridgehead atoms. The van der Waals surface area contributed by atoms with E-state index in [-0.39, 0.29) is 52.9 Å². The van der Waals surface area contributed by atoms with E-state index in [0.29, 0.717) is 22.9 Å². The lowest BCUT2D eigenvalue weighted by Crippen LogP contribution is -2.54. The normalized spacial score (nSPS) is 15.6. The number of carbonyl (C=O) groups excluding carboxylic acids is 2. The molecule has 0 saturated heterocycles. The zero-order valence-electron chi connectivity index (χ0n) is 25.4. The first-order chi connectivity index (χ1) is 22.1. The van der Waals surface area contributed by atoms with Gasteiger partial charge in [-0.25, -0.2) is 12.8 Å². The highest BCUT2D eigenvalue weighted by Crippen LogP contribution is 2.34. The second-order valence-electron chi connectivity index (χ2n) is 11.3. The molecule has 9 nitrogen and oxygen atoms in total. The third-order valence-electron chi connectivity index (χ3n) is 8.17. The van der Waals surface area contributed by atoms with Crippen LogP contribution in [0.25, 0.3) is 0 Å². The van der Waals surface area contributed by atoms with Crippen LogP contribution < -0.4 is 19.1 Å². The van der Waals surface area contributed by atoms with Gasteiger partial charge in [0.1, 0.15) is 31.6 Å². The lowest BCUT2D eigenvalue weighted by molar-refractivity contribution is -0.140. The minimum atomic E-state index is -4.40. The Labute approximate surface area is 278 Å². The van der Waals surface area contributed by atoms with Gasteiger partial charge in [0.2, 0.25) is 11.8 Å². The van der Waals surface area contributed by atoms with Gasteiger partial charge in [-0.15, -0.1) is 0 Å². The number of nitrogens with zero attached hydrogens (tertiary/aromatic N) is 2. The number of rotatable bonds is 11. The van der Waals surface area contributed by atoms with Crippen molar-refractivity contribution in [3.63, 3.8) is 0 Å². The van der Waals surface area contributed by atoms with Crippen LogP contribution in [-0.4, -0.2) is 57.0 Å². The smallest absolute Gasteiger partial charge is 0.264 e. The van der Waals surface area contributed by atoms with E-state index in [0.717, 1.165) is 48.5 Å². The first-order valence-corrected chi connectivity index (χ1v) is 17.5. The summed E-state index contributed by atoms with van der Waals surface area (Å²) in [6.07, 6.45) is 5.12. The Kier molecular flexibility index (Phi) is 11.0. The molecule has 246 valence electrons. The van der Waals surface area contributed by atoms with Crippen LogP contribution in [0.5, 0.6) is 11.5 Å². The highest BCUT2D eigenvalue weighted by Gasteiger charge is 2.35. The van der Waals surface area contributed by atoms with E-state index in [4.69, 9.17) is 32.7 Å². The Hall–Kier alpha value is -3.54. The molecule has 1 aliphatic heterocycles. The van der Waals surface area contributed by atoms with E-state index in [2.05, 4.69) is 5.32 Å². The largest absolute Gasteiger partial charge is 0.486 e. The van der Waals surface area contributed by atoms with Crippen molar-refractivity contribution < 1.29 is 31.9 Å². The summed E-state index contributed by atoms with van der Waals surface area (Å²) in [5.74, 6) is -0.868. The topological polar surface area (TPSA) is 105 Å². The van der Waals surface area contributed by atoms with Crippen LogP contribution in [0.15, 0.2) is 65.6 Å². The van der Waals surface area contributed by atoms with Gasteiger partial charge in [-0.1, -0.05) is 55.5 Å². The number of amides is 2. The first kappa shape index (κ1) is 33.8. The standard InChI is InChI=1S/C33H36Cl2FN3O6S/c1-2-29(33(41)37-24-6-4-3-5-7-24)38(20-22-8-14-27(34)28(35)18-22)32(40)21-39(25-11-9-23(36)10-12-25)46(42,43)26-13-15-30-31(19-26)45-17-16-44-30/h8-15,18-19,24,29H,2-7,16-17,20-21H2,1H3,(H,37,41)/t29-/m1/s1. The summed E-state index contributed by atoms with van der Waals surface area (Å²) in [6.45, 7) is 1.67. The molecule has 1 fully saturated rings. The van der Waals surface area contributed by atoms with E-state index < -0.39 is 34.3 Å². The summed E-state index contributed by atoms with van der Waals surface area (Å²) >= 11 is 12.4. The van der Waals surface area contributed by atoms with Crippen LogP contribution in [-0.2, 0) is 26.2 Å². The number of anilines is 1. The molecular formula is C33H36Cl2FN3O6S. The van der Waals surface area contributed by atoms with Gasteiger partial charge < -0.3 is 19.7 Å². The number of carbonyl (C=O) groups is 2. The molecule has 1 N–H and O–H groups in total. The molecule has 2 amide bonds. The van der Waals surface area contributed by atoms with Gasteiger partial charge in [0, 0.05) is 18.7 Å². The van der Waals surface area contributed by atoms with Crippen LogP contribution >= 0.6 is 23.2 Å². The Morgan fingerprint density at radius 3 is 2.30 bits per heavy atom. The first-order valence-electron chi connectivity index (χ1n) is 15.3. The summed E-state index contributed by atoms with van der Waals surface area (Å²) in [5.41, 5.74) is 0.675. The van der Waals surface area contributed by atoms with Crippen molar-refractivity contribution in [1.82, 2.24) is 10.2 Å². The number of fused-ring (bicyclic) bond motifs is 1. The van der Waals surface area contributed by atoms with Crippen molar-refractivity contribution in [3.8, 4) is 11.5 Å². The molecule has 46 heavy (non-hydrogen) atoms. The van der Waals surface area contributed by atoms with E-state index >= 15 is 0 Å². The number of nitrogens with one attached hydrogen (secondary N) is 1. The van der Waals surface area contributed by atoms with Crippen LogP contribution in [0.3, 0.4) is 0 Å². The molecule has 1 aliphatic carbocycles. The fraction of sp³-hybridized carbons (Fsp3) is 0.394. The quantitative estimate of drug-likeness (QED) is 0.251. The number of ether oxygens (including phenoxy) is 2. The van der Waals surface area contributed by atoms with Crippen LogP contribution in [0.2, 0.25) is 10.0 Å². The van der Waals surface area contributed by atoms with E-state index in [1.165, 1.54) is 35.2 Å². The van der Waals surface area contributed by atoms with Crippen molar-refractivity contribution >= 4 is 50.7 Å². The molecule has 5 rings (SSSR count). The maximum atomic E-state index is 14.3. The predicted molar refractivity (Wildman–Crippen MR) is 174 cm³/mol. The monoisotopic (exact) mass is 691 g/mol. The average molecular weight is 693 g/mol. The molecular weight excluding hydrogens is 656 g/mol. The third kappa shape index (κ3) is 7.87. The van der Waals surface area contributed by atoms with Gasteiger partial charge in [0.15, 0.2) is 11.5 Å². The van der Waals surface area contributed by atoms with E-state index in [1.807, 2.05) is 0 Å². The average Bonchev–Trinajstić information content (AvgIpc) is 3.05. The fourth-order valence-electron chi connectivity index (χ4n) is 5.75. The van der Waals surface area contributed by atoms with Gasteiger partial charge in [-0.3, -0.25) is 13.9 Å². The lowest BCUT2D eigenvalue weighted by Gasteiger charge is -2.34. The minimum Gasteiger partial charge on any atom is -0.486 e. The summed E-state index contributed by atoms with van der Waals surface area (Å²) in [6, 6.07) is 13.0. The number of hydrogen-bond acceptors (Lipinski definition) is 6. The van der Waals surface area contributed by atoms with Gasteiger partial charge in [-0.05, 0) is 73.4 Å². The van der Waals surface area contributed by atoms with Gasteiger partial charge in [-0.2, -0.15) is 0 Å². The summed E-state index contributed by atoms with van der Waals surface area (Å²) in [4.78, 5) is 29.2. The summed E-state index contributed by atoms with van der Waals surface area (Å²) in [7, 11) is -4.40. The molecule has 13 heteroatoms. The maximum absolute atomic E-state index is 14.3. The van der Waals surface area contributed by atoms with E-state index in [9.17, 15) is 22.4 Å². The second kappa shape index (κ2) is 14.9. The molecule has 3 aromatic carbocycles. The molecule has 2 aliphatic rings. The molecule has 0 unspecified atom stereocenters. The van der Waals surface area contributed by atoms with Crippen LogP contribution in [0, 0.1) is 5.82 Å². The minimum absolute atomic E-state index is 0.00327. The highest BCUT2D eigenvalue weighted by atomic mass is 35.5. The van der Waals surface area contributed by atoms with E-state index in [1.54, 1.807) is 25.1 Å². The number of benzene rings is 3. The molecule has 0 aromatic heterocycles. The SMILES string of the molecule is CC[C@H](C(=O)NC1CCCCC1)N(Cc1ccc(Cl)c(Cl)c1)C(=O)CN(c1ccc(F)cc1)S(=O)(=O)c1ccc2c(c1)OCCO2. The molecule has 3 aromatic rings. The van der Waals surface area contributed by atoms with Gasteiger partial charge in [0.25, 0.3) is 10.0 Å². The summed E-state index contributed by atoms with van der Waals surface area (Å²) < 4.78 is 54.4. The zero-order chi connectivity index (χ0) is 32.8. The zero-order valence-corrected chi connectivity index (χ0v) is 27.7. The maximum Gasteiger partial charge on any atom is 0.264 e. The highest BCUT2D eigenvalue weighted by molar-refractivity contribution is 7.92. The molecule has 1 heterocycles. The number of sulfonamides is 1. The van der Waals surface area contributed by atoms with Crippen molar-refractivity contribution in [2.45, 2.75) is 69.0 Å². The van der Waals surface area contributed by atoms with Crippen molar-refractivity contribution in [3.05, 3.63) is 82.1 Å². The molecule has 1 atom stereocenters. The predicted octanol–water partition coefficient (Wildman–Crippen LogP) is 6.36. The Balaban J connectivity index is 1.50. The van der Waals surface area contributed by atoms with Crippen LogP contribution in [0.4, 0.5) is 10.1 Å². The second-order valence-corrected chi connectivity index (χ2v) is 14.0. The van der Waals surface area contributed by atoms with Crippen LogP contribution in [0.1, 0.15) is 51.0 Å². The van der Waals surface area contributed by atoms with Crippen molar-refractivity contribution in [1.29, 1.82) is 0 Å².